The Kier molecular flexibility index (Phi) is 4.35. The Morgan fingerprint density at radius 1 is 1.19 bits per heavy atom. The third-order valence-corrected chi connectivity index (χ3v) is 2.75. The fourth-order valence-corrected chi connectivity index (χ4v) is 1.80. The van der Waals surface area contributed by atoms with Crippen molar-refractivity contribution in [2.45, 2.75) is 13.8 Å². The molecule has 88 valence electrons. The van der Waals surface area contributed by atoms with Gasteiger partial charge in [0.2, 0.25) is 0 Å². The van der Waals surface area contributed by atoms with Crippen molar-refractivity contribution >= 4 is 17.7 Å². The van der Waals surface area contributed by atoms with Crippen LogP contribution in [0.5, 0.6) is 0 Å². The summed E-state index contributed by atoms with van der Waals surface area (Å²) in [5.74, 6) is 0. The molecule has 0 atom stereocenters. The largest absolute Gasteiger partial charge is 0.377 e. The molecule has 0 spiro atoms. The van der Waals surface area contributed by atoms with E-state index in [1.54, 1.807) is 0 Å². The van der Waals surface area contributed by atoms with Crippen LogP contribution in [-0.4, -0.2) is 33.5 Å². The summed E-state index contributed by atoms with van der Waals surface area (Å²) in [7, 11) is 3.91. The standard InChI is InChI=1S/C13H20N2O/c1-5-15(6-2)12-8-7-11(10-16)13(9-12)14(3)4/h7-10H,5-6H2,1-4H3. The van der Waals surface area contributed by atoms with Gasteiger partial charge in [-0.2, -0.15) is 0 Å². The van der Waals surface area contributed by atoms with Crippen molar-refractivity contribution in [1.29, 1.82) is 0 Å². The summed E-state index contributed by atoms with van der Waals surface area (Å²) in [5.41, 5.74) is 2.87. The molecular weight excluding hydrogens is 200 g/mol. The molecule has 0 N–H and O–H groups in total. The fraction of sp³-hybridized carbons (Fsp3) is 0.462. The van der Waals surface area contributed by atoms with Crippen LogP contribution in [0.15, 0.2) is 18.2 Å². The van der Waals surface area contributed by atoms with Crippen LogP contribution < -0.4 is 9.80 Å². The maximum absolute atomic E-state index is 10.9. The molecule has 3 nitrogen and oxygen atoms in total. The van der Waals surface area contributed by atoms with Crippen molar-refractivity contribution in [3.05, 3.63) is 23.8 Å². The normalized spacial score (nSPS) is 10.0. The van der Waals surface area contributed by atoms with Crippen LogP contribution >= 0.6 is 0 Å². The summed E-state index contributed by atoms with van der Waals surface area (Å²) in [6.45, 7) is 6.21. The van der Waals surface area contributed by atoms with Crippen molar-refractivity contribution in [2.75, 3.05) is 37.0 Å². The van der Waals surface area contributed by atoms with Crippen LogP contribution in [-0.2, 0) is 0 Å². The van der Waals surface area contributed by atoms with Gasteiger partial charge in [0.05, 0.1) is 0 Å². The van der Waals surface area contributed by atoms with Crippen molar-refractivity contribution in [3.63, 3.8) is 0 Å². The number of carbonyl (C=O) groups excluding carboxylic acids is 1. The lowest BCUT2D eigenvalue weighted by atomic mass is 10.1. The average Bonchev–Trinajstić information content (AvgIpc) is 2.30. The number of carbonyl (C=O) groups is 1. The Labute approximate surface area is 97.7 Å². The van der Waals surface area contributed by atoms with Gasteiger partial charge in [-0.05, 0) is 32.0 Å². The highest BCUT2D eigenvalue weighted by atomic mass is 16.1. The van der Waals surface area contributed by atoms with Gasteiger partial charge in [-0.1, -0.05) is 0 Å². The van der Waals surface area contributed by atoms with Crippen molar-refractivity contribution in [2.24, 2.45) is 0 Å². The van der Waals surface area contributed by atoms with Crippen molar-refractivity contribution in [1.82, 2.24) is 0 Å². The van der Waals surface area contributed by atoms with Crippen molar-refractivity contribution < 1.29 is 4.79 Å². The molecule has 1 aromatic carbocycles. The van der Waals surface area contributed by atoms with Crippen LogP contribution in [0.1, 0.15) is 24.2 Å². The van der Waals surface area contributed by atoms with E-state index in [2.05, 4.69) is 24.8 Å². The molecule has 3 heteroatoms. The van der Waals surface area contributed by atoms with E-state index >= 15 is 0 Å². The van der Waals surface area contributed by atoms with Crippen LogP contribution in [0.25, 0.3) is 0 Å². The topological polar surface area (TPSA) is 23.6 Å². The Morgan fingerprint density at radius 2 is 1.81 bits per heavy atom. The van der Waals surface area contributed by atoms with Crippen LogP contribution in [0.2, 0.25) is 0 Å². The van der Waals surface area contributed by atoms with Gasteiger partial charge < -0.3 is 9.80 Å². The van der Waals surface area contributed by atoms with E-state index < -0.39 is 0 Å². The molecule has 0 aliphatic rings. The molecule has 0 heterocycles. The third-order valence-electron chi connectivity index (χ3n) is 2.75. The summed E-state index contributed by atoms with van der Waals surface area (Å²) < 4.78 is 0. The lowest BCUT2D eigenvalue weighted by molar-refractivity contribution is 0.112. The number of hydrogen-bond donors (Lipinski definition) is 0. The molecule has 0 unspecified atom stereocenters. The lowest BCUT2D eigenvalue weighted by Crippen LogP contribution is -2.22. The van der Waals surface area contributed by atoms with Crippen molar-refractivity contribution in [3.8, 4) is 0 Å². The maximum atomic E-state index is 10.9. The smallest absolute Gasteiger partial charge is 0.152 e. The second kappa shape index (κ2) is 5.54. The molecule has 16 heavy (non-hydrogen) atoms. The quantitative estimate of drug-likeness (QED) is 0.712. The summed E-state index contributed by atoms with van der Waals surface area (Å²) in [6.07, 6.45) is 0.904. The van der Waals surface area contributed by atoms with Gasteiger partial charge in [-0.3, -0.25) is 4.79 Å². The summed E-state index contributed by atoms with van der Waals surface area (Å²) in [4.78, 5) is 15.1. The molecule has 0 amide bonds. The fourth-order valence-electron chi connectivity index (χ4n) is 1.80. The predicted molar refractivity (Wildman–Crippen MR) is 69.7 cm³/mol. The first-order valence-corrected chi connectivity index (χ1v) is 5.65. The molecule has 0 fully saturated rings. The second-order valence-electron chi connectivity index (χ2n) is 3.93. The van der Waals surface area contributed by atoms with Gasteiger partial charge in [0.25, 0.3) is 0 Å². The summed E-state index contributed by atoms with van der Waals surface area (Å²) in [6, 6.07) is 5.95. The zero-order chi connectivity index (χ0) is 12.1. The van der Waals surface area contributed by atoms with E-state index in [-0.39, 0.29) is 0 Å². The number of aldehydes is 1. The third kappa shape index (κ3) is 2.54. The summed E-state index contributed by atoms with van der Waals surface area (Å²) >= 11 is 0. The van der Waals surface area contributed by atoms with Gasteiger partial charge in [0.1, 0.15) is 0 Å². The highest BCUT2D eigenvalue weighted by Crippen LogP contribution is 2.24. The van der Waals surface area contributed by atoms with Gasteiger partial charge in [0.15, 0.2) is 6.29 Å². The SMILES string of the molecule is CCN(CC)c1ccc(C=O)c(N(C)C)c1. The molecule has 1 aromatic rings. The summed E-state index contributed by atoms with van der Waals surface area (Å²) in [5, 5.41) is 0. The van der Waals surface area contributed by atoms with E-state index in [0.29, 0.717) is 0 Å². The number of rotatable bonds is 5. The first kappa shape index (κ1) is 12.6. The Balaban J connectivity index is 3.15. The molecular formula is C13H20N2O. The number of nitrogens with zero attached hydrogens (tertiary/aromatic N) is 2. The van der Waals surface area contributed by atoms with E-state index in [0.717, 1.165) is 30.6 Å². The van der Waals surface area contributed by atoms with Crippen LogP contribution in [0.4, 0.5) is 11.4 Å². The first-order chi connectivity index (χ1) is 7.63. The maximum Gasteiger partial charge on any atom is 0.152 e. The molecule has 0 saturated heterocycles. The molecule has 0 aromatic heterocycles. The van der Waals surface area contributed by atoms with E-state index in [9.17, 15) is 4.79 Å². The number of anilines is 2. The molecule has 0 radical (unpaired) electrons. The molecule has 0 aliphatic carbocycles. The lowest BCUT2D eigenvalue weighted by Gasteiger charge is -2.24. The van der Waals surface area contributed by atoms with Gasteiger partial charge in [0, 0.05) is 44.1 Å². The number of hydrogen-bond acceptors (Lipinski definition) is 3. The zero-order valence-corrected chi connectivity index (χ0v) is 10.5. The van der Waals surface area contributed by atoms with Gasteiger partial charge >= 0.3 is 0 Å². The molecule has 0 bridgehead atoms. The Morgan fingerprint density at radius 3 is 2.25 bits per heavy atom. The average molecular weight is 220 g/mol. The first-order valence-electron chi connectivity index (χ1n) is 5.65. The van der Waals surface area contributed by atoms with E-state index in [4.69, 9.17) is 0 Å². The Bertz CT molecular complexity index is 357. The molecule has 1 rings (SSSR count). The van der Waals surface area contributed by atoms with Crippen LogP contribution in [0, 0.1) is 0 Å². The Hall–Kier alpha value is -1.51. The number of benzene rings is 1. The second-order valence-corrected chi connectivity index (χ2v) is 3.93. The van der Waals surface area contributed by atoms with E-state index in [1.807, 2.05) is 31.1 Å². The van der Waals surface area contributed by atoms with Crippen LogP contribution in [0.3, 0.4) is 0 Å². The van der Waals surface area contributed by atoms with Gasteiger partial charge in [-0.15, -0.1) is 0 Å². The minimum Gasteiger partial charge on any atom is -0.377 e. The minimum absolute atomic E-state index is 0.737. The zero-order valence-electron chi connectivity index (χ0n) is 10.5. The highest BCUT2D eigenvalue weighted by Gasteiger charge is 2.08. The molecule has 0 aliphatic heterocycles. The van der Waals surface area contributed by atoms with Gasteiger partial charge in [-0.25, -0.2) is 0 Å². The minimum atomic E-state index is 0.737. The monoisotopic (exact) mass is 220 g/mol. The molecule has 0 saturated carbocycles. The predicted octanol–water partition coefficient (Wildman–Crippen LogP) is 2.41. The highest BCUT2D eigenvalue weighted by molar-refractivity contribution is 5.86. The van der Waals surface area contributed by atoms with E-state index in [1.165, 1.54) is 5.69 Å².